The second kappa shape index (κ2) is 11.6. The standard InChI is InChI=1S/C25H20N4O6/c1-34-23-12-5-3-10-21(23)28-24(30)16-35-22-11-4-2-7-17(22)13-18(15-26)25(31)27-19-8-6-9-20(14-19)29(32)33/h2-14H,16H2,1H3,(H,27,31)(H,28,30)/b18-13-. The van der Waals surface area contributed by atoms with Crippen molar-refractivity contribution in [1.82, 2.24) is 0 Å². The largest absolute Gasteiger partial charge is 0.495 e. The molecular formula is C25H20N4O6. The van der Waals surface area contributed by atoms with E-state index in [-0.39, 0.29) is 29.3 Å². The van der Waals surface area contributed by atoms with Crippen LogP contribution in [0.2, 0.25) is 0 Å². The number of nitro groups is 1. The molecule has 0 atom stereocenters. The van der Waals surface area contributed by atoms with Crippen molar-refractivity contribution in [3.8, 4) is 17.6 Å². The molecule has 10 nitrogen and oxygen atoms in total. The summed E-state index contributed by atoms with van der Waals surface area (Å²) in [5.74, 6) is -0.412. The Hall–Kier alpha value is -5.17. The van der Waals surface area contributed by atoms with Crippen LogP contribution >= 0.6 is 0 Å². The molecule has 0 aliphatic carbocycles. The molecule has 0 heterocycles. The molecule has 0 unspecified atom stereocenters. The number of ether oxygens (including phenoxy) is 2. The van der Waals surface area contributed by atoms with E-state index >= 15 is 0 Å². The van der Waals surface area contributed by atoms with Crippen molar-refractivity contribution in [3.05, 3.63) is 94.0 Å². The van der Waals surface area contributed by atoms with Crippen molar-refractivity contribution in [2.75, 3.05) is 24.4 Å². The summed E-state index contributed by atoms with van der Waals surface area (Å²) in [4.78, 5) is 35.3. The quantitative estimate of drug-likeness (QED) is 0.206. The fourth-order valence-corrected chi connectivity index (χ4v) is 3.01. The summed E-state index contributed by atoms with van der Waals surface area (Å²) in [6.45, 7) is -0.329. The minimum absolute atomic E-state index is 0.169. The minimum Gasteiger partial charge on any atom is -0.495 e. The minimum atomic E-state index is -0.753. The van der Waals surface area contributed by atoms with Crippen molar-refractivity contribution in [1.29, 1.82) is 5.26 Å². The lowest BCUT2D eigenvalue weighted by Crippen LogP contribution is -2.20. The summed E-state index contributed by atoms with van der Waals surface area (Å²) in [7, 11) is 1.49. The van der Waals surface area contributed by atoms with Crippen molar-refractivity contribution < 1.29 is 24.0 Å². The molecule has 3 aromatic carbocycles. The van der Waals surface area contributed by atoms with E-state index in [1.807, 2.05) is 6.07 Å². The van der Waals surface area contributed by atoms with Crippen molar-refractivity contribution in [2.45, 2.75) is 0 Å². The van der Waals surface area contributed by atoms with Crippen LogP contribution in [0.4, 0.5) is 17.1 Å². The number of hydrogen-bond acceptors (Lipinski definition) is 7. The highest BCUT2D eigenvalue weighted by molar-refractivity contribution is 6.10. The molecule has 0 fully saturated rings. The van der Waals surface area contributed by atoms with Crippen molar-refractivity contribution in [2.24, 2.45) is 0 Å². The van der Waals surface area contributed by atoms with Crippen LogP contribution in [0.1, 0.15) is 5.56 Å². The molecule has 0 aliphatic heterocycles. The third kappa shape index (κ3) is 6.66. The highest BCUT2D eigenvalue weighted by Gasteiger charge is 2.14. The number of nitriles is 1. The number of nitrogens with one attached hydrogen (secondary N) is 2. The van der Waals surface area contributed by atoms with Gasteiger partial charge in [0.1, 0.15) is 23.1 Å². The maximum Gasteiger partial charge on any atom is 0.271 e. The number of hydrogen-bond donors (Lipinski definition) is 2. The molecule has 0 aliphatic rings. The third-order valence-corrected chi connectivity index (χ3v) is 4.64. The van der Waals surface area contributed by atoms with Crippen molar-refractivity contribution in [3.63, 3.8) is 0 Å². The first-order valence-electron chi connectivity index (χ1n) is 10.2. The first-order chi connectivity index (χ1) is 16.9. The Morgan fingerprint density at radius 1 is 1.03 bits per heavy atom. The van der Waals surface area contributed by atoms with Gasteiger partial charge in [0, 0.05) is 23.4 Å². The van der Waals surface area contributed by atoms with Crippen LogP contribution in [0.15, 0.2) is 78.4 Å². The molecule has 3 aromatic rings. The average molecular weight is 472 g/mol. The van der Waals surface area contributed by atoms with Gasteiger partial charge in [0.05, 0.1) is 17.7 Å². The molecule has 0 bridgehead atoms. The van der Waals surface area contributed by atoms with Crippen LogP contribution < -0.4 is 20.1 Å². The molecule has 0 spiro atoms. The molecule has 2 N–H and O–H groups in total. The number of methoxy groups -OCH3 is 1. The molecule has 0 radical (unpaired) electrons. The number of non-ortho nitro benzene ring substituents is 1. The molecule has 35 heavy (non-hydrogen) atoms. The number of carbonyl (C=O) groups is 2. The Kier molecular flexibility index (Phi) is 8.13. The molecule has 0 saturated heterocycles. The summed E-state index contributed by atoms with van der Waals surface area (Å²) in [5, 5.41) is 25.6. The highest BCUT2D eigenvalue weighted by atomic mass is 16.6. The van der Waals surface area contributed by atoms with E-state index < -0.39 is 16.7 Å². The van der Waals surface area contributed by atoms with E-state index in [1.54, 1.807) is 48.5 Å². The lowest BCUT2D eigenvalue weighted by Gasteiger charge is -2.12. The molecule has 2 amide bonds. The number of nitro benzene ring substituents is 1. The van der Waals surface area contributed by atoms with E-state index in [9.17, 15) is 25.0 Å². The molecular weight excluding hydrogens is 452 g/mol. The smallest absolute Gasteiger partial charge is 0.271 e. The summed E-state index contributed by atoms with van der Waals surface area (Å²) in [6, 6.07) is 20.7. The summed E-state index contributed by atoms with van der Waals surface area (Å²) in [5.41, 5.74) is 0.592. The summed E-state index contributed by atoms with van der Waals surface area (Å²) < 4.78 is 10.8. The van der Waals surface area contributed by atoms with Crippen LogP contribution in [-0.4, -0.2) is 30.5 Å². The highest BCUT2D eigenvalue weighted by Crippen LogP contribution is 2.24. The molecule has 10 heteroatoms. The number of amides is 2. The fraction of sp³-hybridized carbons (Fsp3) is 0.0800. The monoisotopic (exact) mass is 472 g/mol. The van der Waals surface area contributed by atoms with Gasteiger partial charge in [-0.1, -0.05) is 36.4 Å². The van der Waals surface area contributed by atoms with Gasteiger partial charge in [-0.05, 0) is 30.3 Å². The number of anilines is 2. The maximum absolute atomic E-state index is 12.6. The Bertz CT molecular complexity index is 1330. The fourth-order valence-electron chi connectivity index (χ4n) is 3.01. The zero-order chi connectivity index (χ0) is 25.2. The first kappa shape index (κ1) is 24.5. The topological polar surface area (TPSA) is 144 Å². The van der Waals surface area contributed by atoms with Crippen molar-refractivity contribution >= 4 is 35.0 Å². The normalized spacial score (nSPS) is 10.6. The molecule has 0 aromatic heterocycles. The second-order valence-electron chi connectivity index (χ2n) is 7.01. The van der Waals surface area contributed by atoms with Gasteiger partial charge in [0.15, 0.2) is 6.61 Å². The van der Waals surface area contributed by atoms with Gasteiger partial charge >= 0.3 is 0 Å². The number of rotatable bonds is 9. The van der Waals surface area contributed by atoms with Gasteiger partial charge in [-0.25, -0.2) is 0 Å². The Labute approximate surface area is 200 Å². The van der Waals surface area contributed by atoms with E-state index in [1.165, 1.54) is 37.5 Å². The SMILES string of the molecule is COc1ccccc1NC(=O)COc1ccccc1/C=C(/C#N)C(=O)Nc1cccc([N+](=O)[O-])c1. The third-order valence-electron chi connectivity index (χ3n) is 4.64. The Balaban J connectivity index is 1.72. The molecule has 3 rings (SSSR count). The van der Waals surface area contributed by atoms with Crippen LogP contribution in [0.3, 0.4) is 0 Å². The zero-order valence-corrected chi connectivity index (χ0v) is 18.6. The van der Waals surface area contributed by atoms with Gasteiger partial charge in [-0.15, -0.1) is 0 Å². The number of benzene rings is 3. The zero-order valence-electron chi connectivity index (χ0n) is 18.6. The van der Waals surface area contributed by atoms with Gasteiger partial charge in [0.2, 0.25) is 0 Å². The van der Waals surface area contributed by atoms with Gasteiger partial charge in [0.25, 0.3) is 17.5 Å². The Morgan fingerprint density at radius 3 is 2.46 bits per heavy atom. The summed E-state index contributed by atoms with van der Waals surface area (Å²) in [6.07, 6.45) is 1.31. The van der Waals surface area contributed by atoms with Crippen LogP contribution in [0.25, 0.3) is 6.08 Å². The second-order valence-corrected chi connectivity index (χ2v) is 7.01. The van der Waals surface area contributed by atoms with E-state index in [4.69, 9.17) is 9.47 Å². The lowest BCUT2D eigenvalue weighted by molar-refractivity contribution is -0.384. The van der Waals surface area contributed by atoms with E-state index in [0.717, 1.165) is 0 Å². The molecule has 176 valence electrons. The lowest BCUT2D eigenvalue weighted by atomic mass is 10.1. The Morgan fingerprint density at radius 2 is 1.74 bits per heavy atom. The van der Waals surface area contributed by atoms with Gasteiger partial charge in [-0.2, -0.15) is 5.26 Å². The van der Waals surface area contributed by atoms with Crippen LogP contribution in [0.5, 0.6) is 11.5 Å². The van der Waals surface area contributed by atoms with Gasteiger partial charge in [-0.3, -0.25) is 19.7 Å². The van der Waals surface area contributed by atoms with E-state index in [2.05, 4.69) is 10.6 Å². The average Bonchev–Trinajstić information content (AvgIpc) is 2.87. The summed E-state index contributed by atoms with van der Waals surface area (Å²) >= 11 is 0. The predicted molar refractivity (Wildman–Crippen MR) is 129 cm³/mol. The van der Waals surface area contributed by atoms with Gasteiger partial charge < -0.3 is 20.1 Å². The predicted octanol–water partition coefficient (Wildman–Crippen LogP) is 4.17. The maximum atomic E-state index is 12.6. The van der Waals surface area contributed by atoms with Crippen LogP contribution in [-0.2, 0) is 9.59 Å². The first-order valence-corrected chi connectivity index (χ1v) is 10.2. The number of carbonyl (C=O) groups excluding carboxylic acids is 2. The number of para-hydroxylation sites is 3. The van der Waals surface area contributed by atoms with E-state index in [0.29, 0.717) is 17.0 Å². The van der Waals surface area contributed by atoms with Crippen LogP contribution in [0, 0.1) is 21.4 Å². The molecule has 0 saturated carbocycles. The number of nitrogens with zero attached hydrogens (tertiary/aromatic N) is 2.